The summed E-state index contributed by atoms with van der Waals surface area (Å²) in [6.07, 6.45) is 5.61. The topological polar surface area (TPSA) is 87.2 Å². The summed E-state index contributed by atoms with van der Waals surface area (Å²) in [6, 6.07) is 6.41. The molecule has 4 rings (SSSR count). The van der Waals surface area contributed by atoms with Crippen molar-refractivity contribution in [3.05, 3.63) is 41.9 Å². The molecule has 7 nitrogen and oxygen atoms in total. The van der Waals surface area contributed by atoms with Gasteiger partial charge in [-0.15, -0.1) is 18.3 Å². The number of rotatable bonds is 12. The van der Waals surface area contributed by atoms with Crippen molar-refractivity contribution in [1.29, 1.82) is 0 Å². The second kappa shape index (κ2) is 11.8. The summed E-state index contributed by atoms with van der Waals surface area (Å²) in [5.74, 6) is -1.62. The number of benzene rings is 1. The van der Waals surface area contributed by atoms with Crippen LogP contribution in [0.15, 0.2) is 36.9 Å². The van der Waals surface area contributed by atoms with Crippen LogP contribution in [-0.4, -0.2) is 70.1 Å². The molecule has 37 heavy (non-hydrogen) atoms. The number of unbranched alkanes of at least 4 members (excludes halogenated alkanes) is 3. The smallest absolute Gasteiger partial charge is 0.310 e. The minimum Gasteiger partial charge on any atom is -0.466 e. The normalized spacial score (nSPS) is 29.9. The van der Waals surface area contributed by atoms with Crippen LogP contribution in [0.3, 0.4) is 0 Å². The summed E-state index contributed by atoms with van der Waals surface area (Å²) >= 11 is 7.76. The zero-order valence-corrected chi connectivity index (χ0v) is 23.2. The number of hydrogen-bond donors (Lipinski definition) is 1. The lowest BCUT2D eigenvalue weighted by molar-refractivity contribution is -0.154. The third-order valence-corrected chi connectivity index (χ3v) is 10.4. The Hall–Kier alpha value is -2.03. The van der Waals surface area contributed by atoms with E-state index in [0.717, 1.165) is 25.7 Å². The maximum absolute atomic E-state index is 14.5. The van der Waals surface area contributed by atoms with Gasteiger partial charge in [-0.1, -0.05) is 37.4 Å². The van der Waals surface area contributed by atoms with Crippen molar-refractivity contribution in [3.63, 3.8) is 0 Å². The van der Waals surface area contributed by atoms with Crippen molar-refractivity contribution in [2.24, 2.45) is 17.8 Å². The predicted molar refractivity (Wildman–Crippen MR) is 147 cm³/mol. The number of thioether (sulfide) groups is 1. The molecule has 9 heteroatoms. The maximum Gasteiger partial charge on any atom is 0.310 e. The van der Waals surface area contributed by atoms with E-state index >= 15 is 0 Å². The van der Waals surface area contributed by atoms with Crippen LogP contribution >= 0.6 is 23.4 Å². The third-order valence-electron chi connectivity index (χ3n) is 8.06. The van der Waals surface area contributed by atoms with Crippen LogP contribution < -0.4 is 4.90 Å². The highest BCUT2D eigenvalue weighted by molar-refractivity contribution is 8.02. The molecule has 3 heterocycles. The molecule has 1 N–H and O–H groups in total. The fraction of sp³-hybridized carbons (Fsp3) is 0.607. The number of carbonyl (C=O) groups excluding carboxylic acids is 3. The molecule has 6 atom stereocenters. The number of hydrogen-bond acceptors (Lipinski definition) is 6. The molecule has 3 unspecified atom stereocenters. The van der Waals surface area contributed by atoms with Crippen molar-refractivity contribution in [2.75, 3.05) is 31.2 Å². The lowest BCUT2D eigenvalue weighted by atomic mass is 9.66. The molecule has 3 saturated heterocycles. The summed E-state index contributed by atoms with van der Waals surface area (Å²) < 4.78 is 4.73. The highest BCUT2D eigenvalue weighted by Gasteiger charge is 2.76. The second-order valence-electron chi connectivity index (χ2n) is 10.2. The van der Waals surface area contributed by atoms with Crippen LogP contribution in [0, 0.1) is 17.8 Å². The minimum absolute atomic E-state index is 0.0339. The van der Waals surface area contributed by atoms with E-state index in [1.807, 2.05) is 0 Å². The van der Waals surface area contributed by atoms with Crippen LogP contribution in [0.2, 0.25) is 5.02 Å². The lowest BCUT2D eigenvalue weighted by Crippen LogP contribution is -2.57. The van der Waals surface area contributed by atoms with Crippen LogP contribution in [0.5, 0.6) is 0 Å². The lowest BCUT2D eigenvalue weighted by Gasteiger charge is -2.40. The minimum atomic E-state index is -0.692. The number of halogens is 1. The third kappa shape index (κ3) is 4.92. The number of amides is 2. The first-order chi connectivity index (χ1) is 17.8. The number of esters is 1. The SMILES string of the molecule is C=CCN(C(=O)C1N(CCCCCCO)C(=O)[C@@H]2[C@H](C(=O)OCC)[C@@H]3CC(C)C12S3)c1ccc(Cl)cc1. The molecule has 1 spiro atoms. The van der Waals surface area contributed by atoms with Gasteiger partial charge in [0.05, 0.1) is 23.2 Å². The van der Waals surface area contributed by atoms with Crippen molar-refractivity contribution in [3.8, 4) is 0 Å². The molecule has 1 aromatic rings. The number of likely N-dealkylation sites (tertiary alicyclic amines) is 1. The molecule has 202 valence electrons. The van der Waals surface area contributed by atoms with E-state index in [9.17, 15) is 14.4 Å². The van der Waals surface area contributed by atoms with Crippen molar-refractivity contribution >= 4 is 46.8 Å². The first-order valence-corrected chi connectivity index (χ1v) is 14.5. The molecule has 0 aromatic heterocycles. The van der Waals surface area contributed by atoms with Crippen LogP contribution in [0.1, 0.15) is 46.0 Å². The highest BCUT2D eigenvalue weighted by Crippen LogP contribution is 2.68. The Kier molecular flexibility index (Phi) is 8.92. The first kappa shape index (κ1) is 28.0. The molecule has 2 amide bonds. The predicted octanol–water partition coefficient (Wildman–Crippen LogP) is 4.31. The summed E-state index contributed by atoms with van der Waals surface area (Å²) in [5.41, 5.74) is 0.691. The van der Waals surface area contributed by atoms with E-state index in [0.29, 0.717) is 30.2 Å². The van der Waals surface area contributed by atoms with Crippen LogP contribution in [0.25, 0.3) is 0 Å². The molecule has 3 aliphatic rings. The van der Waals surface area contributed by atoms with E-state index in [-0.39, 0.29) is 42.2 Å². The number of ether oxygens (including phenoxy) is 1. The van der Waals surface area contributed by atoms with E-state index in [1.54, 1.807) is 58.8 Å². The van der Waals surface area contributed by atoms with Gasteiger partial charge in [-0.2, -0.15) is 0 Å². The molecular weight excluding hydrogens is 512 g/mol. The Morgan fingerprint density at radius 2 is 1.97 bits per heavy atom. The van der Waals surface area contributed by atoms with Crippen LogP contribution in [-0.2, 0) is 19.1 Å². The number of aliphatic hydroxyl groups is 1. The molecule has 1 aromatic carbocycles. The Morgan fingerprint density at radius 3 is 2.62 bits per heavy atom. The average molecular weight is 549 g/mol. The zero-order chi connectivity index (χ0) is 26.7. The fourth-order valence-electron chi connectivity index (χ4n) is 6.51. The van der Waals surface area contributed by atoms with Gasteiger partial charge in [-0.3, -0.25) is 14.4 Å². The standard InChI is InChI=1S/C28H37ClN2O5S/c1-4-14-30(20-12-10-19(29)11-13-20)26(34)24-28-18(3)17-21(37-28)22(27(35)36-5-2)23(28)25(33)31(24)15-8-6-7-9-16-32/h4,10-13,18,21-24,32H,1,5-9,14-17H2,2-3H3/t18?,21-,22+,23-,24?,28?/m0/s1. The fourth-order valence-corrected chi connectivity index (χ4v) is 9.04. The van der Waals surface area contributed by atoms with E-state index in [4.69, 9.17) is 21.4 Å². The van der Waals surface area contributed by atoms with E-state index in [2.05, 4.69) is 13.5 Å². The van der Waals surface area contributed by atoms with Gasteiger partial charge in [0.25, 0.3) is 5.91 Å². The monoisotopic (exact) mass is 548 g/mol. The van der Waals surface area contributed by atoms with Gasteiger partial charge in [0.15, 0.2) is 0 Å². The van der Waals surface area contributed by atoms with Crippen molar-refractivity contribution < 1.29 is 24.2 Å². The summed E-state index contributed by atoms with van der Waals surface area (Å²) in [4.78, 5) is 45.1. The molecular formula is C28H37ClN2O5S. The van der Waals surface area contributed by atoms with Gasteiger partial charge >= 0.3 is 5.97 Å². The summed E-state index contributed by atoms with van der Waals surface area (Å²) in [5, 5.41) is 9.67. The Labute approximate surface area is 228 Å². The van der Waals surface area contributed by atoms with Crippen molar-refractivity contribution in [2.45, 2.75) is 62.0 Å². The van der Waals surface area contributed by atoms with Gasteiger partial charge in [-0.25, -0.2) is 0 Å². The Morgan fingerprint density at radius 1 is 1.27 bits per heavy atom. The molecule has 0 radical (unpaired) electrons. The number of anilines is 1. The van der Waals surface area contributed by atoms with Crippen molar-refractivity contribution in [1.82, 2.24) is 4.90 Å². The number of fused-ring (bicyclic) bond motifs is 1. The summed E-state index contributed by atoms with van der Waals surface area (Å²) in [6.45, 7) is 8.88. The summed E-state index contributed by atoms with van der Waals surface area (Å²) in [7, 11) is 0. The molecule has 3 aliphatic heterocycles. The van der Waals surface area contributed by atoms with Crippen LogP contribution in [0.4, 0.5) is 5.69 Å². The van der Waals surface area contributed by atoms with Gasteiger partial charge in [0.1, 0.15) is 6.04 Å². The molecule has 0 saturated carbocycles. The quantitative estimate of drug-likeness (QED) is 0.238. The zero-order valence-electron chi connectivity index (χ0n) is 21.6. The number of nitrogens with zero attached hydrogens (tertiary/aromatic N) is 2. The number of aliphatic hydroxyl groups excluding tert-OH is 1. The average Bonchev–Trinajstić information content (AvgIpc) is 3.46. The van der Waals surface area contributed by atoms with Gasteiger partial charge in [0.2, 0.25) is 5.91 Å². The Bertz CT molecular complexity index is 1020. The highest BCUT2D eigenvalue weighted by atomic mass is 35.5. The van der Waals surface area contributed by atoms with Gasteiger partial charge < -0.3 is 19.6 Å². The molecule has 0 aliphatic carbocycles. The number of carbonyl (C=O) groups is 3. The maximum atomic E-state index is 14.5. The largest absolute Gasteiger partial charge is 0.466 e. The molecule has 2 bridgehead atoms. The van der Waals surface area contributed by atoms with E-state index < -0.39 is 22.6 Å². The van der Waals surface area contributed by atoms with Gasteiger partial charge in [0, 0.05) is 35.7 Å². The Balaban J connectivity index is 1.73. The first-order valence-electron chi connectivity index (χ1n) is 13.2. The van der Waals surface area contributed by atoms with Gasteiger partial charge in [-0.05, 0) is 56.4 Å². The van der Waals surface area contributed by atoms with E-state index in [1.165, 1.54) is 0 Å². The molecule has 3 fully saturated rings. The second-order valence-corrected chi connectivity index (χ2v) is 12.2.